The Bertz CT molecular complexity index is 712. The molecular formula is C17H16ClNO2. The molecule has 0 aromatic heterocycles. The van der Waals surface area contributed by atoms with E-state index in [4.69, 9.17) is 11.6 Å². The maximum Gasteiger partial charge on any atom is 0.255 e. The third kappa shape index (κ3) is 2.74. The van der Waals surface area contributed by atoms with Crippen LogP contribution < -0.4 is 5.32 Å². The Morgan fingerprint density at radius 2 is 2.10 bits per heavy atom. The Hall–Kier alpha value is -2.00. The van der Waals surface area contributed by atoms with Crippen molar-refractivity contribution < 1.29 is 9.90 Å². The number of aryl methyl sites for hydroxylation is 2. The van der Waals surface area contributed by atoms with Gasteiger partial charge in [0, 0.05) is 5.02 Å². The van der Waals surface area contributed by atoms with Crippen LogP contribution in [0.4, 0.5) is 0 Å². The van der Waals surface area contributed by atoms with E-state index in [0.717, 1.165) is 29.0 Å². The first-order chi connectivity index (χ1) is 10.0. The van der Waals surface area contributed by atoms with Crippen molar-refractivity contribution in [1.82, 2.24) is 5.32 Å². The maximum absolute atomic E-state index is 12.4. The first kappa shape index (κ1) is 14.0. The molecule has 21 heavy (non-hydrogen) atoms. The summed E-state index contributed by atoms with van der Waals surface area (Å²) in [6.07, 6.45) is 1.76. The predicted octanol–water partition coefficient (Wildman–Crippen LogP) is 3.77. The van der Waals surface area contributed by atoms with E-state index in [1.807, 2.05) is 25.1 Å². The number of phenols is 1. The summed E-state index contributed by atoms with van der Waals surface area (Å²) in [4.78, 5) is 12.4. The quantitative estimate of drug-likeness (QED) is 0.887. The van der Waals surface area contributed by atoms with E-state index in [0.29, 0.717) is 5.56 Å². The van der Waals surface area contributed by atoms with Crippen LogP contribution in [0.5, 0.6) is 5.75 Å². The summed E-state index contributed by atoms with van der Waals surface area (Å²) in [6.45, 7) is 1.89. The van der Waals surface area contributed by atoms with E-state index in [-0.39, 0.29) is 17.7 Å². The van der Waals surface area contributed by atoms with Crippen molar-refractivity contribution >= 4 is 17.5 Å². The minimum Gasteiger partial charge on any atom is -0.507 e. The Morgan fingerprint density at radius 3 is 2.90 bits per heavy atom. The second-order valence-corrected chi connectivity index (χ2v) is 5.86. The van der Waals surface area contributed by atoms with Crippen molar-refractivity contribution in [2.24, 2.45) is 0 Å². The summed E-state index contributed by atoms with van der Waals surface area (Å²) < 4.78 is 0. The van der Waals surface area contributed by atoms with Crippen molar-refractivity contribution in [2.45, 2.75) is 25.8 Å². The standard InChI is InChI=1S/C17H16ClNO2/c1-10-2-7-16(20)14(8-10)17(21)19-15-6-3-11-9-12(18)4-5-13(11)15/h2,4-5,7-9,15,20H,3,6H2,1H3,(H,19,21)/t15-/m1/s1. The number of phenolic OH excluding ortho intramolecular Hbond substituents is 1. The first-order valence-corrected chi connectivity index (χ1v) is 7.31. The number of rotatable bonds is 2. The van der Waals surface area contributed by atoms with Gasteiger partial charge in [-0.1, -0.05) is 29.3 Å². The number of hydrogen-bond acceptors (Lipinski definition) is 2. The molecular weight excluding hydrogens is 286 g/mol. The number of halogens is 1. The number of fused-ring (bicyclic) bond motifs is 1. The van der Waals surface area contributed by atoms with Crippen LogP contribution in [0.25, 0.3) is 0 Å². The zero-order valence-corrected chi connectivity index (χ0v) is 12.4. The van der Waals surface area contributed by atoms with Gasteiger partial charge in [-0.15, -0.1) is 0 Å². The highest BCUT2D eigenvalue weighted by atomic mass is 35.5. The number of carbonyl (C=O) groups excluding carboxylic acids is 1. The largest absolute Gasteiger partial charge is 0.507 e. The molecule has 0 bridgehead atoms. The van der Waals surface area contributed by atoms with Gasteiger partial charge in [0.25, 0.3) is 5.91 Å². The van der Waals surface area contributed by atoms with E-state index < -0.39 is 0 Å². The van der Waals surface area contributed by atoms with Crippen LogP contribution in [0.1, 0.15) is 39.5 Å². The first-order valence-electron chi connectivity index (χ1n) is 6.93. The normalized spacial score (nSPS) is 16.6. The van der Waals surface area contributed by atoms with Crippen LogP contribution >= 0.6 is 11.6 Å². The number of carbonyl (C=O) groups is 1. The molecule has 4 heteroatoms. The maximum atomic E-state index is 12.4. The highest BCUT2D eigenvalue weighted by Crippen LogP contribution is 2.33. The Labute approximate surface area is 128 Å². The molecule has 1 aliphatic carbocycles. The van der Waals surface area contributed by atoms with E-state index >= 15 is 0 Å². The lowest BCUT2D eigenvalue weighted by atomic mass is 10.1. The van der Waals surface area contributed by atoms with Crippen LogP contribution in [0.2, 0.25) is 5.02 Å². The molecule has 2 aromatic rings. The van der Waals surface area contributed by atoms with Crippen molar-refractivity contribution in [2.75, 3.05) is 0 Å². The Morgan fingerprint density at radius 1 is 1.29 bits per heavy atom. The molecule has 3 nitrogen and oxygen atoms in total. The molecule has 1 amide bonds. The van der Waals surface area contributed by atoms with E-state index in [9.17, 15) is 9.90 Å². The summed E-state index contributed by atoms with van der Waals surface area (Å²) >= 11 is 5.99. The molecule has 0 aliphatic heterocycles. The fraction of sp³-hybridized carbons (Fsp3) is 0.235. The predicted molar refractivity (Wildman–Crippen MR) is 82.8 cm³/mol. The minimum absolute atomic E-state index is 0.00688. The van der Waals surface area contributed by atoms with Gasteiger partial charge in [0.05, 0.1) is 11.6 Å². The molecule has 2 N–H and O–H groups in total. The van der Waals surface area contributed by atoms with Crippen molar-refractivity contribution in [3.63, 3.8) is 0 Å². The molecule has 108 valence electrons. The third-order valence-electron chi connectivity index (χ3n) is 3.88. The topological polar surface area (TPSA) is 49.3 Å². The summed E-state index contributed by atoms with van der Waals surface area (Å²) in [7, 11) is 0. The Kier molecular flexibility index (Phi) is 3.60. The summed E-state index contributed by atoms with van der Waals surface area (Å²) in [6, 6.07) is 10.8. The third-order valence-corrected chi connectivity index (χ3v) is 4.12. The molecule has 2 aromatic carbocycles. The second-order valence-electron chi connectivity index (χ2n) is 5.43. The van der Waals surface area contributed by atoms with Gasteiger partial charge in [0.2, 0.25) is 0 Å². The van der Waals surface area contributed by atoms with E-state index in [2.05, 4.69) is 5.32 Å². The lowest BCUT2D eigenvalue weighted by Crippen LogP contribution is -2.27. The molecule has 0 fully saturated rings. The SMILES string of the molecule is Cc1ccc(O)c(C(=O)N[C@@H]2CCc3cc(Cl)ccc32)c1. The molecule has 0 radical (unpaired) electrons. The van der Waals surface area contributed by atoms with Gasteiger partial charge in [-0.05, 0) is 55.2 Å². The molecule has 0 saturated heterocycles. The summed E-state index contributed by atoms with van der Waals surface area (Å²) in [5.41, 5.74) is 3.55. The van der Waals surface area contributed by atoms with Crippen LogP contribution in [0, 0.1) is 6.92 Å². The van der Waals surface area contributed by atoms with Gasteiger partial charge in [0.15, 0.2) is 0 Å². The van der Waals surface area contributed by atoms with Gasteiger partial charge in [-0.2, -0.15) is 0 Å². The number of nitrogens with one attached hydrogen (secondary N) is 1. The zero-order valence-electron chi connectivity index (χ0n) is 11.7. The lowest BCUT2D eigenvalue weighted by Gasteiger charge is -2.15. The smallest absolute Gasteiger partial charge is 0.255 e. The van der Waals surface area contributed by atoms with Gasteiger partial charge in [0.1, 0.15) is 5.75 Å². The van der Waals surface area contributed by atoms with Crippen LogP contribution in [0.15, 0.2) is 36.4 Å². The van der Waals surface area contributed by atoms with Gasteiger partial charge >= 0.3 is 0 Å². The lowest BCUT2D eigenvalue weighted by molar-refractivity contribution is 0.0934. The molecule has 0 saturated carbocycles. The number of aromatic hydroxyl groups is 1. The fourth-order valence-electron chi connectivity index (χ4n) is 2.80. The molecule has 0 spiro atoms. The zero-order chi connectivity index (χ0) is 15.0. The van der Waals surface area contributed by atoms with Crippen LogP contribution in [0.3, 0.4) is 0 Å². The fourth-order valence-corrected chi connectivity index (χ4v) is 3.00. The van der Waals surface area contributed by atoms with Crippen LogP contribution in [-0.4, -0.2) is 11.0 Å². The monoisotopic (exact) mass is 301 g/mol. The molecule has 0 heterocycles. The summed E-state index contributed by atoms with van der Waals surface area (Å²) in [5.74, 6) is -0.239. The molecule has 0 unspecified atom stereocenters. The van der Waals surface area contributed by atoms with E-state index in [1.54, 1.807) is 18.2 Å². The number of amides is 1. The Balaban J connectivity index is 1.82. The average molecular weight is 302 g/mol. The average Bonchev–Trinajstić information content (AvgIpc) is 2.83. The van der Waals surface area contributed by atoms with Gasteiger partial charge in [-0.25, -0.2) is 0 Å². The molecule has 3 rings (SSSR count). The van der Waals surface area contributed by atoms with Crippen molar-refractivity contribution in [1.29, 1.82) is 0 Å². The number of hydrogen-bond donors (Lipinski definition) is 2. The second kappa shape index (κ2) is 5.41. The van der Waals surface area contributed by atoms with Crippen molar-refractivity contribution in [3.8, 4) is 5.75 Å². The van der Waals surface area contributed by atoms with E-state index in [1.165, 1.54) is 5.56 Å². The minimum atomic E-state index is -0.246. The van der Waals surface area contributed by atoms with Gasteiger partial charge in [-0.3, -0.25) is 4.79 Å². The highest BCUT2D eigenvalue weighted by molar-refractivity contribution is 6.30. The van der Waals surface area contributed by atoms with Gasteiger partial charge < -0.3 is 10.4 Å². The van der Waals surface area contributed by atoms with Crippen LogP contribution in [-0.2, 0) is 6.42 Å². The number of benzene rings is 2. The van der Waals surface area contributed by atoms with Crippen molar-refractivity contribution in [3.05, 3.63) is 63.7 Å². The molecule has 1 atom stereocenters. The molecule has 1 aliphatic rings. The highest BCUT2D eigenvalue weighted by Gasteiger charge is 2.25. The summed E-state index contributed by atoms with van der Waals surface area (Å²) in [5, 5.41) is 13.5.